The number of ether oxygens (including phenoxy) is 2. The maximum Gasteiger partial charge on any atom is 0.418 e. The summed E-state index contributed by atoms with van der Waals surface area (Å²) in [6.07, 6.45) is -3.53. The van der Waals surface area contributed by atoms with Gasteiger partial charge in [0.25, 0.3) is 5.92 Å². The van der Waals surface area contributed by atoms with Gasteiger partial charge >= 0.3 is 12.2 Å². The molecule has 0 radical (unpaired) electrons. The maximum atomic E-state index is 16.9. The zero-order chi connectivity index (χ0) is 34.3. The largest absolute Gasteiger partial charge is 0.489 e. The Labute approximate surface area is 274 Å². The van der Waals surface area contributed by atoms with E-state index < -0.39 is 69.8 Å². The lowest BCUT2D eigenvalue weighted by molar-refractivity contribution is -0.137. The molecule has 0 amide bonds. The number of aryl methyl sites for hydroxylation is 1. The molecule has 2 saturated heterocycles. The highest BCUT2D eigenvalue weighted by molar-refractivity contribution is 6.36. The Hall–Kier alpha value is -4.38. The summed E-state index contributed by atoms with van der Waals surface area (Å²) < 4.78 is 101. The molecular weight excluding hydrogens is 668 g/mol. The zero-order valence-corrected chi connectivity index (χ0v) is 26.3. The van der Waals surface area contributed by atoms with Crippen molar-refractivity contribution in [1.29, 1.82) is 0 Å². The van der Waals surface area contributed by atoms with Crippen LogP contribution in [0.4, 0.5) is 43.8 Å². The van der Waals surface area contributed by atoms with Gasteiger partial charge in [0.05, 0.1) is 58.1 Å². The summed E-state index contributed by atoms with van der Waals surface area (Å²) in [5, 5.41) is 7.14. The fourth-order valence-corrected chi connectivity index (χ4v) is 7.27. The van der Waals surface area contributed by atoms with Crippen LogP contribution in [0.2, 0.25) is 5.02 Å². The number of nitrogen functional groups attached to an aromatic ring is 2. The first-order valence-corrected chi connectivity index (χ1v) is 15.3. The van der Waals surface area contributed by atoms with Crippen molar-refractivity contribution in [2.45, 2.75) is 50.4 Å². The van der Waals surface area contributed by atoms with Gasteiger partial charge < -0.3 is 25.8 Å². The molecular formula is C30H28ClF6N9O2. The predicted molar refractivity (Wildman–Crippen MR) is 164 cm³/mol. The molecule has 2 atom stereocenters. The molecule has 6 heterocycles. The van der Waals surface area contributed by atoms with Crippen molar-refractivity contribution < 1.29 is 35.8 Å². The average molecular weight is 696 g/mol. The maximum absolute atomic E-state index is 16.9. The molecule has 4 N–H and O–H groups in total. The summed E-state index contributed by atoms with van der Waals surface area (Å²) >= 11 is 6.72. The topological polar surface area (TPSA) is 141 Å². The number of hydrogen-bond donors (Lipinski definition) is 2. The molecule has 18 heteroatoms. The molecule has 1 aromatic carbocycles. The van der Waals surface area contributed by atoms with E-state index in [1.54, 1.807) is 22.8 Å². The Bertz CT molecular complexity index is 1970. The summed E-state index contributed by atoms with van der Waals surface area (Å²) in [4.78, 5) is 16.1. The highest BCUT2D eigenvalue weighted by Crippen LogP contribution is 2.52. The van der Waals surface area contributed by atoms with Gasteiger partial charge in [0, 0.05) is 18.5 Å². The molecule has 3 aromatic heterocycles. The fraction of sp³-hybridized carbons (Fsp3) is 0.433. The third kappa shape index (κ3) is 5.14. The van der Waals surface area contributed by atoms with Gasteiger partial charge in [-0.15, -0.1) is 5.10 Å². The number of pyridine rings is 1. The predicted octanol–water partition coefficient (Wildman–Crippen LogP) is 5.59. The molecule has 0 bridgehead atoms. The number of fused-ring (bicyclic) bond motifs is 1. The highest BCUT2D eigenvalue weighted by atomic mass is 35.5. The standard InChI is InChI=1S/C30H28ClF6N9O2/c1-13-9-16(38)41-22(19(13)30(35,36)37)17-20(31)24-18-23(21(17)32)42-27(48-12-28-4-6-45(28)11-29(33,34)10-28)43-26(18)46(7-8-47-24)14(2)15-3-5-40-44-25(15)39/h3,5,9,14H,4,6-8,10-12H2,1-2H3,(H2,38,41)(H2,39,44)/t14-,28+/m1/s1. The number of nitrogens with zero attached hydrogens (tertiary/aromatic N) is 7. The minimum Gasteiger partial charge on any atom is -0.489 e. The third-order valence-electron chi connectivity index (χ3n) is 9.25. The second kappa shape index (κ2) is 11.1. The molecule has 0 saturated carbocycles. The number of halogens is 7. The van der Waals surface area contributed by atoms with Gasteiger partial charge in [0.15, 0.2) is 17.4 Å². The number of aromatic nitrogens is 5. The zero-order valence-electron chi connectivity index (χ0n) is 25.5. The van der Waals surface area contributed by atoms with E-state index in [2.05, 4.69) is 25.1 Å². The van der Waals surface area contributed by atoms with Gasteiger partial charge in [0.1, 0.15) is 30.4 Å². The van der Waals surface area contributed by atoms with E-state index in [0.717, 1.165) is 6.07 Å². The fourth-order valence-electron chi connectivity index (χ4n) is 6.95. The van der Waals surface area contributed by atoms with E-state index in [4.69, 9.17) is 32.5 Å². The molecule has 0 unspecified atom stereocenters. The number of benzene rings is 1. The number of hydrogen-bond acceptors (Lipinski definition) is 11. The van der Waals surface area contributed by atoms with E-state index >= 15 is 4.39 Å². The van der Waals surface area contributed by atoms with E-state index in [1.165, 1.54) is 13.1 Å². The number of alkyl halides is 5. The van der Waals surface area contributed by atoms with Gasteiger partial charge in [0.2, 0.25) is 0 Å². The normalized spacial score (nSPS) is 21.0. The Morgan fingerprint density at radius 2 is 1.94 bits per heavy atom. The molecule has 0 spiro atoms. The molecule has 2 fully saturated rings. The molecule has 254 valence electrons. The van der Waals surface area contributed by atoms with Crippen LogP contribution < -0.4 is 25.8 Å². The van der Waals surface area contributed by atoms with E-state index in [1.807, 2.05) is 0 Å². The van der Waals surface area contributed by atoms with Crippen molar-refractivity contribution in [2.75, 3.05) is 49.2 Å². The highest BCUT2D eigenvalue weighted by Gasteiger charge is 2.60. The van der Waals surface area contributed by atoms with Gasteiger partial charge in [-0.05, 0) is 38.0 Å². The molecule has 48 heavy (non-hydrogen) atoms. The van der Waals surface area contributed by atoms with Crippen LogP contribution in [-0.4, -0.2) is 74.4 Å². The van der Waals surface area contributed by atoms with Crippen LogP contribution in [0.1, 0.15) is 42.5 Å². The van der Waals surface area contributed by atoms with Crippen LogP contribution >= 0.6 is 11.6 Å². The number of rotatable bonds is 6. The Morgan fingerprint density at radius 1 is 1.17 bits per heavy atom. The minimum atomic E-state index is -4.97. The molecule has 7 rings (SSSR count). The molecule has 3 aliphatic heterocycles. The summed E-state index contributed by atoms with van der Waals surface area (Å²) in [6, 6.07) is 1.70. The van der Waals surface area contributed by atoms with Gasteiger partial charge in [-0.1, -0.05) is 11.6 Å². The lowest BCUT2D eigenvalue weighted by Crippen LogP contribution is -2.59. The summed E-state index contributed by atoms with van der Waals surface area (Å²) in [7, 11) is 0. The quantitative estimate of drug-likeness (QED) is 0.244. The monoisotopic (exact) mass is 695 g/mol. The van der Waals surface area contributed by atoms with Crippen LogP contribution in [0.5, 0.6) is 11.8 Å². The first-order chi connectivity index (χ1) is 22.6. The van der Waals surface area contributed by atoms with Crippen molar-refractivity contribution in [3.63, 3.8) is 0 Å². The molecule has 3 aliphatic rings. The smallest absolute Gasteiger partial charge is 0.418 e. The second-order valence-corrected chi connectivity index (χ2v) is 12.7. The Kier molecular flexibility index (Phi) is 7.43. The Morgan fingerprint density at radius 3 is 2.60 bits per heavy atom. The molecule has 4 aromatic rings. The minimum absolute atomic E-state index is 0.0523. The van der Waals surface area contributed by atoms with Crippen molar-refractivity contribution >= 4 is 40.0 Å². The summed E-state index contributed by atoms with van der Waals surface area (Å²) in [6.45, 7) is 2.80. The average Bonchev–Trinajstić information content (AvgIpc) is 3.10. The third-order valence-corrected chi connectivity index (χ3v) is 9.61. The van der Waals surface area contributed by atoms with Crippen molar-refractivity contribution in [2.24, 2.45) is 0 Å². The number of anilines is 3. The summed E-state index contributed by atoms with van der Waals surface area (Å²) in [5.74, 6) is -4.49. The van der Waals surface area contributed by atoms with Gasteiger partial charge in [-0.25, -0.2) is 18.2 Å². The van der Waals surface area contributed by atoms with Crippen molar-refractivity contribution in [3.05, 3.63) is 45.9 Å². The second-order valence-electron chi connectivity index (χ2n) is 12.3. The van der Waals surface area contributed by atoms with E-state index in [-0.39, 0.29) is 59.9 Å². The molecule has 0 aliphatic carbocycles. The van der Waals surface area contributed by atoms with Crippen molar-refractivity contribution in [3.8, 4) is 23.0 Å². The van der Waals surface area contributed by atoms with Crippen LogP contribution in [0.3, 0.4) is 0 Å². The lowest BCUT2D eigenvalue weighted by Gasteiger charge is -2.46. The summed E-state index contributed by atoms with van der Waals surface area (Å²) in [5.41, 5.74) is 7.91. The van der Waals surface area contributed by atoms with Crippen molar-refractivity contribution in [1.82, 2.24) is 30.0 Å². The first kappa shape index (κ1) is 32.2. The molecule has 11 nitrogen and oxygen atoms in total. The SMILES string of the molecule is Cc1cc(N)nc(-c2c(Cl)c3c4c(nc(OC[C@@]56CCN5CC(F)(F)C6)nc4c2F)N([C@H](C)c2ccnnc2N)CCO3)c1C(F)(F)F. The van der Waals surface area contributed by atoms with Crippen LogP contribution in [-0.2, 0) is 6.18 Å². The lowest BCUT2D eigenvalue weighted by atomic mass is 9.85. The number of nitrogens with two attached hydrogens (primary N) is 2. The first-order valence-electron chi connectivity index (χ1n) is 14.9. The van der Waals surface area contributed by atoms with Crippen LogP contribution in [0.25, 0.3) is 22.2 Å². The van der Waals surface area contributed by atoms with E-state index in [0.29, 0.717) is 18.5 Å². The van der Waals surface area contributed by atoms with Gasteiger partial charge in [-0.3, -0.25) is 4.90 Å². The Balaban J connectivity index is 1.45. The van der Waals surface area contributed by atoms with Gasteiger partial charge in [-0.2, -0.15) is 28.2 Å². The van der Waals surface area contributed by atoms with Crippen LogP contribution in [0, 0.1) is 12.7 Å². The van der Waals surface area contributed by atoms with Crippen LogP contribution in [0.15, 0.2) is 18.3 Å². The van der Waals surface area contributed by atoms with E-state index in [9.17, 15) is 22.0 Å².